The van der Waals surface area contributed by atoms with Crippen LogP contribution in [0.4, 0.5) is 11.4 Å². The van der Waals surface area contributed by atoms with Crippen LogP contribution in [0.5, 0.6) is 11.6 Å². The predicted molar refractivity (Wildman–Crippen MR) is 135 cm³/mol. The molecule has 1 fully saturated rings. The summed E-state index contributed by atoms with van der Waals surface area (Å²) in [6, 6.07) is 11.1. The van der Waals surface area contributed by atoms with Crippen LogP contribution in [-0.4, -0.2) is 40.6 Å². The molecule has 1 atom stereocenters. The van der Waals surface area contributed by atoms with E-state index in [1.54, 1.807) is 19.4 Å². The summed E-state index contributed by atoms with van der Waals surface area (Å²) in [5, 5.41) is 6.89. The highest BCUT2D eigenvalue weighted by atomic mass is 35.5. The molecule has 3 aromatic heterocycles. The molecule has 4 heterocycles. The number of carbonyl (C=O) groups excluding carboxylic acids is 1. The van der Waals surface area contributed by atoms with E-state index in [9.17, 15) is 4.79 Å². The SMILES string of the molecule is COc1c(Cl)cccc1Nc1c(-c2ccnc3ccc(OC4CC4)nc23)[nH]c2c1C(=O)NC[C@@H]2C. The summed E-state index contributed by atoms with van der Waals surface area (Å²) in [5.74, 6) is 1.03. The fraction of sp³-hybridized carbons (Fsp3) is 0.269. The Hall–Kier alpha value is -3.78. The monoisotopic (exact) mass is 489 g/mol. The maximum atomic E-state index is 13.1. The summed E-state index contributed by atoms with van der Waals surface area (Å²) in [4.78, 5) is 25.9. The fourth-order valence-electron chi connectivity index (χ4n) is 4.47. The highest BCUT2D eigenvalue weighted by Gasteiger charge is 2.32. The summed E-state index contributed by atoms with van der Waals surface area (Å²) in [6.45, 7) is 2.63. The van der Waals surface area contributed by atoms with Gasteiger partial charge in [0.2, 0.25) is 5.88 Å². The first kappa shape index (κ1) is 21.7. The Balaban J connectivity index is 1.56. The molecule has 6 rings (SSSR count). The van der Waals surface area contributed by atoms with Crippen LogP contribution in [0.15, 0.2) is 42.6 Å². The van der Waals surface area contributed by atoms with Crippen LogP contribution in [-0.2, 0) is 0 Å². The number of aromatic nitrogens is 3. The molecule has 2 aliphatic rings. The molecule has 1 saturated carbocycles. The predicted octanol–water partition coefficient (Wildman–Crippen LogP) is 5.42. The Labute approximate surface area is 207 Å². The van der Waals surface area contributed by atoms with E-state index >= 15 is 0 Å². The van der Waals surface area contributed by atoms with Gasteiger partial charge in [0.05, 0.1) is 40.3 Å². The molecular weight excluding hydrogens is 466 g/mol. The third-order valence-corrected chi connectivity index (χ3v) is 6.69. The summed E-state index contributed by atoms with van der Waals surface area (Å²) in [6.07, 6.45) is 4.07. The van der Waals surface area contributed by atoms with E-state index in [1.807, 2.05) is 30.3 Å². The van der Waals surface area contributed by atoms with E-state index in [0.717, 1.165) is 35.3 Å². The highest BCUT2D eigenvalue weighted by Crippen LogP contribution is 2.43. The number of carbonyl (C=O) groups is 1. The largest absolute Gasteiger partial charge is 0.493 e. The van der Waals surface area contributed by atoms with Crippen molar-refractivity contribution in [3.63, 3.8) is 0 Å². The Morgan fingerprint density at radius 3 is 2.83 bits per heavy atom. The van der Waals surface area contributed by atoms with Crippen molar-refractivity contribution in [1.29, 1.82) is 0 Å². The van der Waals surface area contributed by atoms with Gasteiger partial charge in [0.1, 0.15) is 11.6 Å². The molecule has 1 aliphatic carbocycles. The van der Waals surface area contributed by atoms with Crippen molar-refractivity contribution in [3.05, 3.63) is 58.9 Å². The van der Waals surface area contributed by atoms with Gasteiger partial charge in [0.15, 0.2) is 5.75 Å². The lowest BCUT2D eigenvalue weighted by molar-refractivity contribution is 0.0942. The molecule has 9 heteroatoms. The van der Waals surface area contributed by atoms with Gasteiger partial charge >= 0.3 is 0 Å². The minimum absolute atomic E-state index is 0.105. The fourth-order valence-corrected chi connectivity index (χ4v) is 4.72. The molecule has 4 aromatic rings. The number of aromatic amines is 1. The van der Waals surface area contributed by atoms with E-state index in [4.69, 9.17) is 26.1 Å². The van der Waals surface area contributed by atoms with Crippen molar-refractivity contribution < 1.29 is 14.3 Å². The zero-order chi connectivity index (χ0) is 24.1. The van der Waals surface area contributed by atoms with Crippen LogP contribution in [0.2, 0.25) is 5.02 Å². The number of hydrogen-bond donors (Lipinski definition) is 3. The van der Waals surface area contributed by atoms with Crippen molar-refractivity contribution in [2.45, 2.75) is 31.8 Å². The first-order valence-electron chi connectivity index (χ1n) is 11.6. The number of nitrogens with one attached hydrogen (secondary N) is 3. The van der Waals surface area contributed by atoms with Crippen molar-refractivity contribution >= 4 is 39.9 Å². The number of amides is 1. The zero-order valence-electron chi connectivity index (χ0n) is 19.3. The molecule has 0 spiro atoms. The summed E-state index contributed by atoms with van der Waals surface area (Å²) >= 11 is 6.38. The summed E-state index contributed by atoms with van der Waals surface area (Å²) in [7, 11) is 1.57. The second-order valence-electron chi connectivity index (χ2n) is 8.91. The quantitative estimate of drug-likeness (QED) is 0.334. The van der Waals surface area contributed by atoms with Gasteiger partial charge in [-0.05, 0) is 37.1 Å². The number of halogens is 1. The molecule has 1 aliphatic heterocycles. The molecule has 0 saturated heterocycles. The third kappa shape index (κ3) is 3.83. The standard InChI is InChI=1S/C26H24ClN5O3/c1-13-12-29-26(33)20-21(13)32-23(24(20)30-18-5-3-4-16(27)25(18)34-2)15-10-11-28-17-8-9-19(31-22(15)17)35-14-6-7-14/h3-5,8-11,13-14,30,32H,6-7,12H2,1-2H3,(H,29,33)/t13-/m0/s1. The molecule has 3 N–H and O–H groups in total. The van der Waals surface area contributed by atoms with Gasteiger partial charge in [-0.2, -0.15) is 0 Å². The first-order chi connectivity index (χ1) is 17.0. The van der Waals surface area contributed by atoms with Gasteiger partial charge in [-0.1, -0.05) is 24.6 Å². The number of anilines is 2. The zero-order valence-corrected chi connectivity index (χ0v) is 20.1. The second-order valence-corrected chi connectivity index (χ2v) is 9.32. The molecule has 1 amide bonds. The first-order valence-corrected chi connectivity index (χ1v) is 12.0. The summed E-state index contributed by atoms with van der Waals surface area (Å²) in [5.41, 5.74) is 5.70. The average molecular weight is 490 g/mol. The Morgan fingerprint density at radius 1 is 1.17 bits per heavy atom. The lowest BCUT2D eigenvalue weighted by Crippen LogP contribution is -2.33. The smallest absolute Gasteiger partial charge is 0.255 e. The molecule has 0 unspecified atom stereocenters. The maximum Gasteiger partial charge on any atom is 0.255 e. The van der Waals surface area contributed by atoms with Crippen molar-refractivity contribution in [2.24, 2.45) is 0 Å². The topological polar surface area (TPSA) is 101 Å². The van der Waals surface area contributed by atoms with Crippen LogP contribution >= 0.6 is 11.6 Å². The molecule has 35 heavy (non-hydrogen) atoms. The minimum Gasteiger partial charge on any atom is -0.493 e. The van der Waals surface area contributed by atoms with Crippen LogP contribution in [0.25, 0.3) is 22.3 Å². The van der Waals surface area contributed by atoms with E-state index < -0.39 is 0 Å². The molecule has 1 aromatic carbocycles. The van der Waals surface area contributed by atoms with Gasteiger partial charge in [0, 0.05) is 36.0 Å². The van der Waals surface area contributed by atoms with Gasteiger partial charge < -0.3 is 25.1 Å². The van der Waals surface area contributed by atoms with Crippen LogP contribution in [0.3, 0.4) is 0 Å². The van der Waals surface area contributed by atoms with Crippen molar-refractivity contribution in [2.75, 3.05) is 19.0 Å². The number of pyridine rings is 2. The number of benzene rings is 1. The number of H-pyrrole nitrogens is 1. The number of para-hydroxylation sites is 1. The maximum absolute atomic E-state index is 13.1. The van der Waals surface area contributed by atoms with Gasteiger partial charge in [-0.15, -0.1) is 0 Å². The molecule has 8 nitrogen and oxygen atoms in total. The Morgan fingerprint density at radius 2 is 2.03 bits per heavy atom. The number of fused-ring (bicyclic) bond motifs is 2. The minimum atomic E-state index is -0.145. The number of ether oxygens (including phenoxy) is 2. The average Bonchev–Trinajstić information content (AvgIpc) is 3.59. The normalized spacial score (nSPS) is 17.1. The van der Waals surface area contributed by atoms with E-state index in [2.05, 4.69) is 27.5 Å². The Kier molecular flexibility index (Phi) is 5.25. The van der Waals surface area contributed by atoms with Crippen LogP contribution < -0.4 is 20.1 Å². The van der Waals surface area contributed by atoms with Gasteiger partial charge in [-0.25, -0.2) is 4.98 Å². The number of hydrogen-bond acceptors (Lipinski definition) is 6. The van der Waals surface area contributed by atoms with E-state index in [1.165, 1.54) is 0 Å². The van der Waals surface area contributed by atoms with Gasteiger partial charge in [0.25, 0.3) is 5.91 Å². The Bertz CT molecular complexity index is 1460. The third-order valence-electron chi connectivity index (χ3n) is 6.39. The molecule has 178 valence electrons. The molecule has 0 bridgehead atoms. The number of rotatable bonds is 6. The number of methoxy groups -OCH3 is 1. The van der Waals surface area contributed by atoms with E-state index in [0.29, 0.717) is 45.7 Å². The van der Waals surface area contributed by atoms with Crippen molar-refractivity contribution in [3.8, 4) is 22.9 Å². The summed E-state index contributed by atoms with van der Waals surface area (Å²) < 4.78 is 11.5. The van der Waals surface area contributed by atoms with Crippen LogP contribution in [0, 0.1) is 0 Å². The van der Waals surface area contributed by atoms with E-state index in [-0.39, 0.29) is 17.9 Å². The highest BCUT2D eigenvalue weighted by molar-refractivity contribution is 6.32. The number of nitrogens with zero attached hydrogens (tertiary/aromatic N) is 2. The van der Waals surface area contributed by atoms with Crippen LogP contribution in [0.1, 0.15) is 41.7 Å². The molecule has 0 radical (unpaired) electrons. The molecular formula is C26H24ClN5O3. The van der Waals surface area contributed by atoms with Crippen molar-refractivity contribution in [1.82, 2.24) is 20.3 Å². The van der Waals surface area contributed by atoms with Gasteiger partial charge in [-0.3, -0.25) is 9.78 Å². The lowest BCUT2D eigenvalue weighted by atomic mass is 9.98. The lowest BCUT2D eigenvalue weighted by Gasteiger charge is -2.20. The second kappa shape index (κ2) is 8.46.